The van der Waals surface area contributed by atoms with Crippen molar-refractivity contribution in [1.29, 1.82) is 0 Å². The maximum Gasteiger partial charge on any atom is 0.262 e. The van der Waals surface area contributed by atoms with Crippen LogP contribution in [0.2, 0.25) is 0 Å². The molecule has 4 nitrogen and oxygen atoms in total. The average Bonchev–Trinajstić information content (AvgIpc) is 2.16. The third kappa shape index (κ3) is 7.34. The van der Waals surface area contributed by atoms with Crippen molar-refractivity contribution in [2.24, 2.45) is 0 Å². The molecule has 2 amide bonds. The van der Waals surface area contributed by atoms with E-state index < -0.39 is 0 Å². The smallest absolute Gasteiger partial charge is 0.262 e. The van der Waals surface area contributed by atoms with Crippen molar-refractivity contribution in [3.05, 3.63) is 12.7 Å². The van der Waals surface area contributed by atoms with Gasteiger partial charge in [0.1, 0.15) is 0 Å². The molecule has 0 fully saturated rings. The van der Waals surface area contributed by atoms with Gasteiger partial charge in [0.15, 0.2) is 0 Å². The maximum atomic E-state index is 11.0. The molecular weight excluding hydrogens is 180 g/mol. The number of nitrogens with one attached hydrogen (secondary N) is 1. The van der Waals surface area contributed by atoms with Crippen molar-refractivity contribution < 1.29 is 9.59 Å². The Morgan fingerprint density at radius 2 is 2.14 bits per heavy atom. The van der Waals surface area contributed by atoms with E-state index in [2.05, 4.69) is 24.4 Å². The molecule has 1 N–H and O–H groups in total. The number of carbonyl (C=O) groups excluding carboxylic acids is 2. The van der Waals surface area contributed by atoms with Gasteiger partial charge in [0.05, 0.1) is 0 Å². The summed E-state index contributed by atoms with van der Waals surface area (Å²) >= 11 is 0. The van der Waals surface area contributed by atoms with Gasteiger partial charge in [-0.05, 0) is 6.42 Å². The van der Waals surface area contributed by atoms with Crippen LogP contribution in [0.25, 0.3) is 0 Å². The van der Waals surface area contributed by atoms with Crippen molar-refractivity contribution in [2.75, 3.05) is 0 Å². The molecule has 4 heteroatoms. The SMILES string of the molecule is C=CCC(=O)N[N]C(=O)CCCCC. The number of unbranched alkanes of at least 4 members (excludes halogenated alkanes) is 2. The second-order valence-electron chi connectivity index (χ2n) is 2.99. The van der Waals surface area contributed by atoms with E-state index in [4.69, 9.17) is 0 Å². The second kappa shape index (κ2) is 8.29. The zero-order valence-corrected chi connectivity index (χ0v) is 8.58. The largest absolute Gasteiger partial charge is 0.273 e. The summed E-state index contributed by atoms with van der Waals surface area (Å²) < 4.78 is 0. The topological polar surface area (TPSA) is 60.3 Å². The molecule has 0 aliphatic heterocycles. The third-order valence-electron chi connectivity index (χ3n) is 1.63. The predicted octanol–water partition coefficient (Wildman–Crippen LogP) is 1.30. The lowest BCUT2D eigenvalue weighted by Gasteiger charge is -2.01. The van der Waals surface area contributed by atoms with Crippen LogP contribution in [-0.2, 0) is 9.59 Å². The third-order valence-corrected chi connectivity index (χ3v) is 1.63. The van der Waals surface area contributed by atoms with Gasteiger partial charge in [-0.25, -0.2) is 5.43 Å². The lowest BCUT2D eigenvalue weighted by molar-refractivity contribution is -0.128. The van der Waals surface area contributed by atoms with Gasteiger partial charge in [-0.15, -0.1) is 12.0 Å². The number of rotatable bonds is 6. The lowest BCUT2D eigenvalue weighted by Crippen LogP contribution is -2.34. The van der Waals surface area contributed by atoms with Crippen LogP contribution in [0.5, 0.6) is 0 Å². The molecule has 0 aromatic carbocycles. The van der Waals surface area contributed by atoms with Crippen molar-refractivity contribution >= 4 is 11.8 Å². The summed E-state index contributed by atoms with van der Waals surface area (Å²) in [5.41, 5.74) is 5.60. The predicted molar refractivity (Wildman–Crippen MR) is 54.2 cm³/mol. The quantitative estimate of drug-likeness (QED) is 0.396. The van der Waals surface area contributed by atoms with Crippen LogP contribution in [0.15, 0.2) is 12.7 Å². The van der Waals surface area contributed by atoms with Crippen LogP contribution in [-0.4, -0.2) is 11.8 Å². The molecule has 0 unspecified atom stereocenters. The van der Waals surface area contributed by atoms with Crippen molar-refractivity contribution in [2.45, 2.75) is 39.0 Å². The van der Waals surface area contributed by atoms with E-state index in [1.54, 1.807) is 0 Å². The van der Waals surface area contributed by atoms with Crippen molar-refractivity contribution in [1.82, 2.24) is 10.9 Å². The molecular formula is C10H17N2O2. The fraction of sp³-hybridized carbons (Fsp3) is 0.600. The Morgan fingerprint density at radius 1 is 1.43 bits per heavy atom. The number of nitrogens with zero attached hydrogens (tertiary/aromatic N) is 1. The van der Waals surface area contributed by atoms with E-state index in [0.717, 1.165) is 19.3 Å². The molecule has 0 aliphatic carbocycles. The van der Waals surface area contributed by atoms with E-state index in [1.807, 2.05) is 0 Å². The highest BCUT2D eigenvalue weighted by atomic mass is 16.2. The van der Waals surface area contributed by atoms with Gasteiger partial charge in [0.25, 0.3) is 5.91 Å². The lowest BCUT2D eigenvalue weighted by atomic mass is 10.2. The van der Waals surface area contributed by atoms with Crippen LogP contribution in [0.3, 0.4) is 0 Å². The second-order valence-corrected chi connectivity index (χ2v) is 2.99. The molecule has 0 saturated carbocycles. The standard InChI is InChI=1S/C10H17N2O2/c1-3-5-6-8-10(14)12-11-9(13)7-4-2/h4H,2-3,5-8H2,1H3,(H,11,13). The minimum absolute atomic E-state index is 0.186. The van der Waals surface area contributed by atoms with Gasteiger partial charge in [-0.3, -0.25) is 9.59 Å². The summed E-state index contributed by atoms with van der Waals surface area (Å²) in [7, 11) is 0. The molecule has 0 aliphatic rings. The summed E-state index contributed by atoms with van der Waals surface area (Å²) in [6.45, 7) is 5.46. The molecule has 0 aromatic rings. The van der Waals surface area contributed by atoms with Crippen LogP contribution in [0.4, 0.5) is 0 Å². The van der Waals surface area contributed by atoms with Gasteiger partial charge in [0, 0.05) is 12.8 Å². The summed E-state index contributed by atoms with van der Waals surface area (Å²) in [5, 5.41) is 0. The van der Waals surface area contributed by atoms with E-state index >= 15 is 0 Å². The van der Waals surface area contributed by atoms with Crippen LogP contribution in [0.1, 0.15) is 39.0 Å². The van der Waals surface area contributed by atoms with Gasteiger partial charge < -0.3 is 0 Å². The Bertz CT molecular complexity index is 202. The first-order valence-electron chi connectivity index (χ1n) is 4.84. The minimum atomic E-state index is -0.302. The Hall–Kier alpha value is -1.32. The molecule has 14 heavy (non-hydrogen) atoms. The molecule has 0 bridgehead atoms. The fourth-order valence-electron chi connectivity index (χ4n) is 0.884. The first-order valence-corrected chi connectivity index (χ1v) is 4.84. The minimum Gasteiger partial charge on any atom is -0.273 e. The maximum absolute atomic E-state index is 11.0. The Morgan fingerprint density at radius 3 is 2.71 bits per heavy atom. The highest BCUT2D eigenvalue weighted by molar-refractivity contribution is 5.82. The summed E-state index contributed by atoms with van der Waals surface area (Å²) in [4.78, 5) is 21.9. The average molecular weight is 197 g/mol. The molecule has 0 rings (SSSR count). The number of carbonyl (C=O) groups is 2. The van der Waals surface area contributed by atoms with Crippen LogP contribution in [0, 0.1) is 0 Å². The fourth-order valence-corrected chi connectivity index (χ4v) is 0.884. The highest BCUT2D eigenvalue weighted by Crippen LogP contribution is 1.98. The van der Waals surface area contributed by atoms with Crippen molar-refractivity contribution in [3.8, 4) is 0 Å². The first-order chi connectivity index (χ1) is 6.70. The first kappa shape index (κ1) is 12.7. The highest BCUT2D eigenvalue weighted by Gasteiger charge is 2.04. The summed E-state index contributed by atoms with van der Waals surface area (Å²) in [5.74, 6) is -0.570. The Labute approximate surface area is 84.7 Å². The Balaban J connectivity index is 3.43. The van der Waals surface area contributed by atoms with E-state index in [1.165, 1.54) is 6.08 Å². The summed E-state index contributed by atoms with van der Waals surface area (Å²) in [6, 6.07) is 0. The van der Waals surface area contributed by atoms with Gasteiger partial charge >= 0.3 is 0 Å². The van der Waals surface area contributed by atoms with Gasteiger partial charge in [-0.2, -0.15) is 0 Å². The van der Waals surface area contributed by atoms with Gasteiger partial charge in [0.2, 0.25) is 5.91 Å². The van der Waals surface area contributed by atoms with E-state index in [9.17, 15) is 9.59 Å². The molecule has 0 atom stereocenters. The monoisotopic (exact) mass is 197 g/mol. The molecule has 0 saturated heterocycles. The molecule has 0 heterocycles. The van der Waals surface area contributed by atoms with E-state index in [-0.39, 0.29) is 18.2 Å². The zero-order valence-electron chi connectivity index (χ0n) is 8.58. The summed E-state index contributed by atoms with van der Waals surface area (Å²) in [6.07, 6.45) is 4.97. The molecule has 0 spiro atoms. The number of hydrogen-bond acceptors (Lipinski definition) is 2. The van der Waals surface area contributed by atoms with Crippen LogP contribution >= 0.6 is 0 Å². The number of amides is 2. The Kier molecular flexibility index (Phi) is 7.50. The van der Waals surface area contributed by atoms with Gasteiger partial charge in [-0.1, -0.05) is 25.8 Å². The number of hydrogen-bond donors (Lipinski definition) is 1. The van der Waals surface area contributed by atoms with Crippen LogP contribution < -0.4 is 10.9 Å². The molecule has 79 valence electrons. The molecule has 0 aromatic heterocycles. The zero-order chi connectivity index (χ0) is 10.8. The normalized spacial score (nSPS) is 9.21. The van der Waals surface area contributed by atoms with E-state index in [0.29, 0.717) is 6.42 Å². The van der Waals surface area contributed by atoms with Crippen molar-refractivity contribution in [3.63, 3.8) is 0 Å². The molecule has 1 radical (unpaired) electrons.